The van der Waals surface area contributed by atoms with Gasteiger partial charge in [0.2, 0.25) is 10.0 Å². The highest BCUT2D eigenvalue weighted by molar-refractivity contribution is 7.89. The third-order valence-corrected chi connectivity index (χ3v) is 4.76. The highest BCUT2D eigenvalue weighted by Crippen LogP contribution is 2.20. The molecule has 0 radical (unpaired) electrons. The first-order valence-corrected chi connectivity index (χ1v) is 7.73. The fraction of sp³-hybridized carbons (Fsp3) is 0.214. The van der Waals surface area contributed by atoms with Crippen LogP contribution in [0.1, 0.15) is 12.2 Å². The molecule has 0 bridgehead atoms. The van der Waals surface area contributed by atoms with E-state index in [0.717, 1.165) is 0 Å². The van der Waals surface area contributed by atoms with Gasteiger partial charge >= 0.3 is 0 Å². The van der Waals surface area contributed by atoms with E-state index in [4.69, 9.17) is 15.4 Å². The molecule has 0 fully saturated rings. The van der Waals surface area contributed by atoms with Crippen LogP contribution in [0.5, 0.6) is 0 Å². The summed E-state index contributed by atoms with van der Waals surface area (Å²) in [4.78, 5) is 0.140. The molecule has 1 aromatic heterocycles. The van der Waals surface area contributed by atoms with Gasteiger partial charge in [0, 0.05) is 18.7 Å². The third kappa shape index (κ3) is 3.62. The number of nitriles is 1. The van der Waals surface area contributed by atoms with Crippen LogP contribution in [0.2, 0.25) is 0 Å². The molecule has 0 spiro atoms. The molecule has 0 aliphatic carbocycles. The molecule has 110 valence electrons. The summed E-state index contributed by atoms with van der Waals surface area (Å²) >= 11 is 0. The Morgan fingerprint density at radius 1 is 1.24 bits per heavy atom. The van der Waals surface area contributed by atoms with Crippen LogP contribution in [0.15, 0.2) is 52.0 Å². The van der Waals surface area contributed by atoms with Gasteiger partial charge in [-0.1, -0.05) is 0 Å². The zero-order valence-electron chi connectivity index (χ0n) is 11.3. The number of furan rings is 1. The van der Waals surface area contributed by atoms with E-state index < -0.39 is 10.0 Å². The van der Waals surface area contributed by atoms with Crippen LogP contribution in [-0.2, 0) is 16.6 Å². The summed E-state index contributed by atoms with van der Waals surface area (Å²) in [6.45, 7) is 0.186. The van der Waals surface area contributed by atoms with Crippen LogP contribution in [0.3, 0.4) is 0 Å². The lowest BCUT2D eigenvalue weighted by molar-refractivity contribution is 0.368. The first-order valence-electron chi connectivity index (χ1n) is 6.29. The van der Waals surface area contributed by atoms with Crippen molar-refractivity contribution in [2.24, 2.45) is 0 Å². The largest absolute Gasteiger partial charge is 0.468 e. The van der Waals surface area contributed by atoms with Gasteiger partial charge in [-0.05, 0) is 36.4 Å². The molecule has 7 heteroatoms. The van der Waals surface area contributed by atoms with Crippen LogP contribution >= 0.6 is 0 Å². The number of nitrogens with zero attached hydrogens (tertiary/aromatic N) is 2. The monoisotopic (exact) mass is 305 g/mol. The topological polar surface area (TPSA) is 100 Å². The lowest BCUT2D eigenvalue weighted by Gasteiger charge is -2.20. The summed E-state index contributed by atoms with van der Waals surface area (Å²) in [6.07, 6.45) is 1.59. The summed E-state index contributed by atoms with van der Waals surface area (Å²) in [5, 5.41) is 8.70. The number of sulfonamides is 1. The zero-order chi connectivity index (χ0) is 15.3. The molecule has 0 atom stereocenters. The van der Waals surface area contributed by atoms with Crippen LogP contribution in [0.4, 0.5) is 5.69 Å². The van der Waals surface area contributed by atoms with Gasteiger partial charge < -0.3 is 10.2 Å². The van der Waals surface area contributed by atoms with E-state index in [1.165, 1.54) is 34.8 Å². The van der Waals surface area contributed by atoms with Crippen molar-refractivity contribution in [3.8, 4) is 6.07 Å². The van der Waals surface area contributed by atoms with Gasteiger partial charge in [-0.15, -0.1) is 0 Å². The molecule has 1 aromatic carbocycles. The molecule has 2 N–H and O–H groups in total. The molecule has 0 saturated carbocycles. The molecule has 2 rings (SSSR count). The predicted molar refractivity (Wildman–Crippen MR) is 77.4 cm³/mol. The Hall–Kier alpha value is -2.30. The third-order valence-electron chi connectivity index (χ3n) is 2.90. The number of nitrogen functional groups attached to an aromatic ring is 1. The van der Waals surface area contributed by atoms with Crippen LogP contribution in [0.25, 0.3) is 0 Å². The van der Waals surface area contributed by atoms with Crippen molar-refractivity contribution in [3.05, 3.63) is 48.4 Å². The van der Waals surface area contributed by atoms with Crippen molar-refractivity contribution < 1.29 is 12.8 Å². The maximum Gasteiger partial charge on any atom is 0.243 e. The van der Waals surface area contributed by atoms with E-state index in [-0.39, 0.29) is 24.4 Å². The summed E-state index contributed by atoms with van der Waals surface area (Å²) in [5.74, 6) is 0.520. The number of rotatable bonds is 6. The number of anilines is 1. The van der Waals surface area contributed by atoms with E-state index in [1.807, 2.05) is 6.07 Å². The van der Waals surface area contributed by atoms with E-state index in [2.05, 4.69) is 0 Å². The summed E-state index contributed by atoms with van der Waals surface area (Å²) in [7, 11) is -3.70. The molecule has 0 amide bonds. The molecule has 0 saturated heterocycles. The maximum atomic E-state index is 12.6. The molecule has 0 aliphatic rings. The average molecular weight is 305 g/mol. The smallest absolute Gasteiger partial charge is 0.243 e. The van der Waals surface area contributed by atoms with Gasteiger partial charge in [-0.3, -0.25) is 0 Å². The molecule has 0 aliphatic heterocycles. The van der Waals surface area contributed by atoms with Crippen molar-refractivity contribution in [1.29, 1.82) is 5.26 Å². The van der Waals surface area contributed by atoms with E-state index in [1.54, 1.807) is 12.1 Å². The maximum absolute atomic E-state index is 12.6. The highest BCUT2D eigenvalue weighted by Gasteiger charge is 2.25. The number of nitrogens with two attached hydrogens (primary N) is 1. The van der Waals surface area contributed by atoms with Gasteiger partial charge in [0.1, 0.15) is 5.76 Å². The van der Waals surface area contributed by atoms with Gasteiger partial charge in [0.25, 0.3) is 0 Å². The summed E-state index contributed by atoms with van der Waals surface area (Å²) in [6, 6.07) is 11.3. The number of hydrogen-bond acceptors (Lipinski definition) is 5. The lowest BCUT2D eigenvalue weighted by atomic mass is 10.3. The Morgan fingerprint density at radius 2 is 1.95 bits per heavy atom. The van der Waals surface area contributed by atoms with Gasteiger partial charge in [-0.2, -0.15) is 9.57 Å². The second-order valence-corrected chi connectivity index (χ2v) is 6.33. The summed E-state index contributed by atoms with van der Waals surface area (Å²) < 4.78 is 31.6. The molecular weight excluding hydrogens is 290 g/mol. The quantitative estimate of drug-likeness (QED) is 0.822. The lowest BCUT2D eigenvalue weighted by Crippen LogP contribution is -2.31. The molecule has 21 heavy (non-hydrogen) atoms. The van der Waals surface area contributed by atoms with Crippen molar-refractivity contribution in [2.45, 2.75) is 17.9 Å². The standard InChI is InChI=1S/C14H15N3O3S/c15-8-2-9-17(11-13-3-1-10-20-13)21(18,19)14-6-4-12(16)5-7-14/h1,3-7,10H,2,9,11,16H2. The summed E-state index contributed by atoms with van der Waals surface area (Å²) in [5.41, 5.74) is 6.06. The molecule has 6 nitrogen and oxygen atoms in total. The van der Waals surface area contributed by atoms with Crippen LogP contribution in [0, 0.1) is 11.3 Å². The molecule has 0 unspecified atom stereocenters. The second kappa shape index (κ2) is 6.43. The van der Waals surface area contributed by atoms with E-state index in [9.17, 15) is 8.42 Å². The Kier molecular flexibility index (Phi) is 4.62. The van der Waals surface area contributed by atoms with Gasteiger partial charge in [0.05, 0.1) is 23.8 Å². The zero-order valence-corrected chi connectivity index (χ0v) is 12.1. The Balaban J connectivity index is 2.29. The van der Waals surface area contributed by atoms with E-state index in [0.29, 0.717) is 11.4 Å². The van der Waals surface area contributed by atoms with Gasteiger partial charge in [0.15, 0.2) is 0 Å². The minimum Gasteiger partial charge on any atom is -0.468 e. The predicted octanol–water partition coefficient (Wildman–Crippen LogP) is 1.97. The van der Waals surface area contributed by atoms with E-state index >= 15 is 0 Å². The molecule has 2 aromatic rings. The van der Waals surface area contributed by atoms with Crippen LogP contribution in [-0.4, -0.2) is 19.3 Å². The number of benzene rings is 1. The Morgan fingerprint density at radius 3 is 2.52 bits per heavy atom. The second-order valence-electron chi connectivity index (χ2n) is 4.40. The SMILES string of the molecule is N#CCCN(Cc1ccco1)S(=O)(=O)c1ccc(N)cc1. The van der Waals surface area contributed by atoms with Crippen molar-refractivity contribution in [2.75, 3.05) is 12.3 Å². The average Bonchev–Trinajstić information content (AvgIpc) is 2.96. The highest BCUT2D eigenvalue weighted by atomic mass is 32.2. The fourth-order valence-electron chi connectivity index (χ4n) is 1.82. The molecule has 1 heterocycles. The normalized spacial score (nSPS) is 11.4. The fourth-order valence-corrected chi connectivity index (χ4v) is 3.23. The first-order chi connectivity index (χ1) is 10.0. The van der Waals surface area contributed by atoms with Crippen molar-refractivity contribution in [1.82, 2.24) is 4.31 Å². The van der Waals surface area contributed by atoms with Crippen LogP contribution < -0.4 is 5.73 Å². The van der Waals surface area contributed by atoms with Crippen molar-refractivity contribution in [3.63, 3.8) is 0 Å². The first kappa shape index (κ1) is 15.1. The Bertz CT molecular complexity index is 716. The minimum absolute atomic E-state index is 0.0847. The minimum atomic E-state index is -3.70. The molecular formula is C14H15N3O3S. The number of hydrogen-bond donors (Lipinski definition) is 1. The van der Waals surface area contributed by atoms with Crippen molar-refractivity contribution >= 4 is 15.7 Å². The Labute approximate surface area is 123 Å². The van der Waals surface area contributed by atoms with Gasteiger partial charge in [-0.25, -0.2) is 8.42 Å².